The maximum absolute atomic E-state index is 12.9. The third kappa shape index (κ3) is 4.26. The average molecular weight is 462 g/mol. The van der Waals surface area contributed by atoms with Crippen molar-refractivity contribution in [3.8, 4) is 5.88 Å². The largest absolute Gasteiger partial charge is 0.473 e. The summed E-state index contributed by atoms with van der Waals surface area (Å²) in [5.74, 6) is -0.458. The molecule has 4 rings (SSSR count). The third-order valence-electron chi connectivity index (χ3n) is 4.70. The minimum absolute atomic E-state index is 0.0575. The van der Waals surface area contributed by atoms with Crippen LogP contribution in [0.25, 0.3) is 10.8 Å². The molecule has 8 nitrogen and oxygen atoms in total. The number of aromatic nitrogens is 4. The van der Waals surface area contributed by atoms with Gasteiger partial charge >= 0.3 is 0 Å². The molecule has 2 heterocycles. The van der Waals surface area contributed by atoms with E-state index in [0.29, 0.717) is 22.6 Å². The summed E-state index contributed by atoms with van der Waals surface area (Å²) in [6.45, 7) is 1.74. The summed E-state index contributed by atoms with van der Waals surface area (Å²) in [6.07, 6.45) is 3.88. The second-order valence-electron chi connectivity index (χ2n) is 6.79. The SMILES string of the molecule is CC[C@@H]1CC1Oc1nn(CC(=O)Nc2ncc(F)cn2)c(=O)c2ccc(Br)cc12. The van der Waals surface area contributed by atoms with Gasteiger partial charge in [-0.3, -0.25) is 14.9 Å². The molecule has 10 heteroatoms. The van der Waals surface area contributed by atoms with Crippen molar-refractivity contribution in [3.05, 3.63) is 51.2 Å². The molecule has 29 heavy (non-hydrogen) atoms. The minimum Gasteiger partial charge on any atom is -0.473 e. The first-order valence-corrected chi connectivity index (χ1v) is 9.88. The normalized spacial score (nSPS) is 17.9. The Balaban J connectivity index is 1.63. The lowest BCUT2D eigenvalue weighted by Crippen LogP contribution is -2.30. The number of ether oxygens (including phenoxy) is 1. The zero-order chi connectivity index (χ0) is 20.5. The molecule has 1 aromatic carbocycles. The van der Waals surface area contributed by atoms with Crippen LogP contribution < -0.4 is 15.6 Å². The number of halogens is 2. The van der Waals surface area contributed by atoms with Crippen LogP contribution in [0.4, 0.5) is 10.3 Å². The van der Waals surface area contributed by atoms with E-state index >= 15 is 0 Å². The summed E-state index contributed by atoms with van der Waals surface area (Å²) >= 11 is 3.40. The number of hydrogen-bond acceptors (Lipinski definition) is 6. The molecule has 0 saturated heterocycles. The van der Waals surface area contributed by atoms with E-state index in [1.807, 2.05) is 0 Å². The standard InChI is InChI=1S/C19H17BrFN5O3/c1-2-10-5-15(10)29-17-14-6-11(20)3-4-13(14)18(28)26(25-17)9-16(27)24-19-22-7-12(21)8-23-19/h3-4,6-8,10,15H,2,5,9H2,1H3,(H,22,23,24,27)/t10-,15?/m1/s1. The van der Waals surface area contributed by atoms with Gasteiger partial charge < -0.3 is 4.74 Å². The van der Waals surface area contributed by atoms with Crippen molar-refractivity contribution in [2.24, 2.45) is 5.92 Å². The monoisotopic (exact) mass is 461 g/mol. The quantitative estimate of drug-likeness (QED) is 0.605. The van der Waals surface area contributed by atoms with Crippen LogP contribution in [0.3, 0.4) is 0 Å². The third-order valence-corrected chi connectivity index (χ3v) is 5.19. The number of carbonyl (C=O) groups is 1. The minimum atomic E-state index is -0.617. The van der Waals surface area contributed by atoms with Gasteiger partial charge in [-0.1, -0.05) is 22.9 Å². The molecule has 2 atom stereocenters. The first-order valence-electron chi connectivity index (χ1n) is 9.09. The number of anilines is 1. The van der Waals surface area contributed by atoms with Gasteiger partial charge in [0.1, 0.15) is 12.6 Å². The molecule has 0 aliphatic heterocycles. The Kier molecular flexibility index (Phi) is 5.27. The summed E-state index contributed by atoms with van der Waals surface area (Å²) in [4.78, 5) is 32.5. The molecule has 1 aliphatic carbocycles. The fourth-order valence-corrected chi connectivity index (χ4v) is 3.40. The average Bonchev–Trinajstić information content (AvgIpc) is 3.45. The second-order valence-corrected chi connectivity index (χ2v) is 7.71. The van der Waals surface area contributed by atoms with E-state index in [-0.39, 0.29) is 18.6 Å². The number of fused-ring (bicyclic) bond motifs is 1. The summed E-state index contributed by atoms with van der Waals surface area (Å²) < 4.78 is 20.8. The van der Waals surface area contributed by atoms with Gasteiger partial charge in [-0.25, -0.2) is 19.0 Å². The van der Waals surface area contributed by atoms with E-state index in [9.17, 15) is 14.0 Å². The molecular formula is C19H17BrFN5O3. The molecule has 1 fully saturated rings. The number of amides is 1. The molecular weight excluding hydrogens is 445 g/mol. The highest BCUT2D eigenvalue weighted by atomic mass is 79.9. The smallest absolute Gasteiger partial charge is 0.275 e. The molecule has 1 saturated carbocycles. The van der Waals surface area contributed by atoms with Crippen LogP contribution in [0.5, 0.6) is 5.88 Å². The number of nitrogens with zero attached hydrogens (tertiary/aromatic N) is 4. The van der Waals surface area contributed by atoms with Crippen molar-refractivity contribution in [1.29, 1.82) is 0 Å². The molecule has 150 valence electrons. The Morgan fingerprint density at radius 2 is 2.10 bits per heavy atom. The van der Waals surface area contributed by atoms with Gasteiger partial charge in [-0.15, -0.1) is 5.10 Å². The van der Waals surface area contributed by atoms with Gasteiger partial charge in [0.25, 0.3) is 5.56 Å². The van der Waals surface area contributed by atoms with Crippen molar-refractivity contribution in [2.75, 3.05) is 5.32 Å². The fraction of sp³-hybridized carbons (Fsp3) is 0.316. The summed E-state index contributed by atoms with van der Waals surface area (Å²) in [5.41, 5.74) is -0.419. The molecule has 0 radical (unpaired) electrons. The highest BCUT2D eigenvalue weighted by molar-refractivity contribution is 9.10. The number of nitrogens with one attached hydrogen (secondary N) is 1. The summed E-state index contributed by atoms with van der Waals surface area (Å²) in [6, 6.07) is 5.19. The van der Waals surface area contributed by atoms with Crippen LogP contribution >= 0.6 is 15.9 Å². The number of rotatable bonds is 6. The van der Waals surface area contributed by atoms with Crippen LogP contribution in [0.1, 0.15) is 19.8 Å². The van der Waals surface area contributed by atoms with Crippen LogP contribution in [0.2, 0.25) is 0 Å². The van der Waals surface area contributed by atoms with Crippen LogP contribution in [0, 0.1) is 11.7 Å². The first-order chi connectivity index (χ1) is 13.9. The van der Waals surface area contributed by atoms with Crippen LogP contribution in [-0.2, 0) is 11.3 Å². The Labute approximate surface area is 173 Å². The Morgan fingerprint density at radius 3 is 2.79 bits per heavy atom. The van der Waals surface area contributed by atoms with Gasteiger partial charge in [-0.2, -0.15) is 0 Å². The van der Waals surface area contributed by atoms with Crippen molar-refractivity contribution in [3.63, 3.8) is 0 Å². The van der Waals surface area contributed by atoms with E-state index < -0.39 is 17.3 Å². The van der Waals surface area contributed by atoms with Crippen molar-refractivity contribution in [2.45, 2.75) is 32.4 Å². The topological polar surface area (TPSA) is 99.0 Å². The highest BCUT2D eigenvalue weighted by Crippen LogP contribution is 2.38. The summed E-state index contributed by atoms with van der Waals surface area (Å²) in [7, 11) is 0. The summed E-state index contributed by atoms with van der Waals surface area (Å²) in [5, 5.41) is 7.69. The lowest BCUT2D eigenvalue weighted by atomic mass is 10.2. The van der Waals surface area contributed by atoms with E-state index in [1.165, 1.54) is 0 Å². The van der Waals surface area contributed by atoms with E-state index in [1.54, 1.807) is 18.2 Å². The predicted molar refractivity (Wildman–Crippen MR) is 107 cm³/mol. The van der Waals surface area contributed by atoms with Crippen LogP contribution in [-0.4, -0.2) is 31.8 Å². The van der Waals surface area contributed by atoms with Crippen molar-refractivity contribution < 1.29 is 13.9 Å². The predicted octanol–water partition coefficient (Wildman–Crippen LogP) is 2.90. The van der Waals surface area contributed by atoms with Gasteiger partial charge in [0, 0.05) is 4.47 Å². The van der Waals surface area contributed by atoms with Gasteiger partial charge in [0.2, 0.25) is 17.7 Å². The first kappa shape index (κ1) is 19.4. The van der Waals surface area contributed by atoms with Gasteiger partial charge in [-0.05, 0) is 37.0 Å². The number of hydrogen-bond donors (Lipinski definition) is 1. The van der Waals surface area contributed by atoms with E-state index in [4.69, 9.17) is 4.74 Å². The highest BCUT2D eigenvalue weighted by Gasteiger charge is 2.38. The molecule has 1 amide bonds. The Bertz CT molecular complexity index is 1140. The zero-order valence-corrected chi connectivity index (χ0v) is 17.0. The molecule has 0 bridgehead atoms. The van der Waals surface area contributed by atoms with E-state index in [0.717, 1.165) is 34.4 Å². The zero-order valence-electron chi connectivity index (χ0n) is 15.4. The number of benzene rings is 1. The Hall–Kier alpha value is -2.88. The maximum atomic E-state index is 12.9. The molecule has 2 aromatic heterocycles. The van der Waals surface area contributed by atoms with Crippen molar-refractivity contribution in [1.82, 2.24) is 19.7 Å². The molecule has 1 aliphatic rings. The molecule has 1 N–H and O–H groups in total. The van der Waals surface area contributed by atoms with E-state index in [2.05, 4.69) is 43.2 Å². The van der Waals surface area contributed by atoms with Gasteiger partial charge in [0.15, 0.2) is 5.82 Å². The molecule has 3 aromatic rings. The maximum Gasteiger partial charge on any atom is 0.275 e. The lowest BCUT2D eigenvalue weighted by molar-refractivity contribution is -0.117. The molecule has 0 spiro atoms. The fourth-order valence-electron chi connectivity index (χ4n) is 3.04. The van der Waals surface area contributed by atoms with Crippen molar-refractivity contribution >= 4 is 38.6 Å². The second kappa shape index (κ2) is 7.86. The van der Waals surface area contributed by atoms with Crippen LogP contribution in [0.15, 0.2) is 39.9 Å². The lowest BCUT2D eigenvalue weighted by Gasteiger charge is -2.12. The molecule has 1 unspecified atom stereocenters. The number of carbonyl (C=O) groups excluding carboxylic acids is 1. The Morgan fingerprint density at radius 1 is 1.34 bits per heavy atom. The van der Waals surface area contributed by atoms with Gasteiger partial charge in [0.05, 0.1) is 23.2 Å².